The lowest BCUT2D eigenvalue weighted by atomic mass is 10.1. The quantitative estimate of drug-likeness (QED) is 0.713. The number of nitrogens with zero attached hydrogens (tertiary/aromatic N) is 4. The van der Waals surface area contributed by atoms with Crippen molar-refractivity contribution in [2.75, 3.05) is 18.9 Å². The van der Waals surface area contributed by atoms with Crippen LogP contribution in [0.25, 0.3) is 11.3 Å². The standard InChI is InChI=1S/C19H17ClFN5O/c1-3-26(2)18(27)17-10-12(6-8-22-17)15-7-9-23-19(24-15)25-16-11-13(20)4-5-14(16)21/h4-11H,3H2,1-2H3,(H,23,24,25). The number of amides is 1. The van der Waals surface area contributed by atoms with Gasteiger partial charge in [0, 0.05) is 36.6 Å². The number of hydrogen-bond acceptors (Lipinski definition) is 5. The highest BCUT2D eigenvalue weighted by molar-refractivity contribution is 6.30. The van der Waals surface area contributed by atoms with Gasteiger partial charge in [0.05, 0.1) is 11.4 Å². The SMILES string of the molecule is CCN(C)C(=O)c1cc(-c2ccnc(Nc3cc(Cl)ccc3F)n2)ccn1. The van der Waals surface area contributed by atoms with Gasteiger partial charge in [-0.15, -0.1) is 0 Å². The van der Waals surface area contributed by atoms with Crippen LogP contribution in [0.4, 0.5) is 16.0 Å². The predicted molar refractivity (Wildman–Crippen MR) is 103 cm³/mol. The molecule has 6 nitrogen and oxygen atoms in total. The van der Waals surface area contributed by atoms with Crippen molar-refractivity contribution in [2.45, 2.75) is 6.92 Å². The Labute approximate surface area is 161 Å². The molecule has 0 unspecified atom stereocenters. The second-order valence-electron chi connectivity index (χ2n) is 5.76. The molecule has 27 heavy (non-hydrogen) atoms. The first kappa shape index (κ1) is 18.7. The first-order valence-corrected chi connectivity index (χ1v) is 8.62. The summed E-state index contributed by atoms with van der Waals surface area (Å²) in [5, 5.41) is 3.21. The molecule has 1 N–H and O–H groups in total. The summed E-state index contributed by atoms with van der Waals surface area (Å²) in [6, 6.07) is 9.29. The summed E-state index contributed by atoms with van der Waals surface area (Å²) in [6.45, 7) is 2.47. The van der Waals surface area contributed by atoms with Crippen molar-refractivity contribution in [3.05, 3.63) is 65.3 Å². The summed E-state index contributed by atoms with van der Waals surface area (Å²) >= 11 is 5.90. The second kappa shape index (κ2) is 8.09. The van der Waals surface area contributed by atoms with Gasteiger partial charge in [-0.05, 0) is 43.3 Å². The van der Waals surface area contributed by atoms with E-state index in [9.17, 15) is 9.18 Å². The number of pyridine rings is 1. The molecule has 0 radical (unpaired) electrons. The van der Waals surface area contributed by atoms with E-state index in [1.165, 1.54) is 18.2 Å². The number of hydrogen-bond donors (Lipinski definition) is 1. The van der Waals surface area contributed by atoms with Crippen LogP contribution in [0.3, 0.4) is 0 Å². The third-order valence-electron chi connectivity index (χ3n) is 3.93. The first-order chi connectivity index (χ1) is 13.0. The number of carbonyl (C=O) groups excluding carboxylic acids is 1. The van der Waals surface area contributed by atoms with E-state index in [1.54, 1.807) is 42.5 Å². The molecule has 1 amide bonds. The third kappa shape index (κ3) is 4.38. The van der Waals surface area contributed by atoms with Crippen LogP contribution in [0, 0.1) is 5.82 Å². The van der Waals surface area contributed by atoms with E-state index >= 15 is 0 Å². The first-order valence-electron chi connectivity index (χ1n) is 8.25. The van der Waals surface area contributed by atoms with Gasteiger partial charge in [0.25, 0.3) is 5.91 Å². The molecule has 2 heterocycles. The number of benzene rings is 1. The molecule has 0 fully saturated rings. The van der Waals surface area contributed by atoms with Crippen molar-refractivity contribution in [3.63, 3.8) is 0 Å². The van der Waals surface area contributed by atoms with Gasteiger partial charge in [-0.2, -0.15) is 0 Å². The van der Waals surface area contributed by atoms with Gasteiger partial charge in [-0.1, -0.05) is 11.6 Å². The minimum atomic E-state index is -0.465. The maximum absolute atomic E-state index is 13.9. The van der Waals surface area contributed by atoms with Gasteiger partial charge in [0.1, 0.15) is 11.5 Å². The van der Waals surface area contributed by atoms with E-state index in [1.807, 2.05) is 6.92 Å². The fourth-order valence-electron chi connectivity index (χ4n) is 2.34. The van der Waals surface area contributed by atoms with Gasteiger partial charge < -0.3 is 10.2 Å². The van der Waals surface area contributed by atoms with Crippen LogP contribution in [0.2, 0.25) is 5.02 Å². The fraction of sp³-hybridized carbons (Fsp3) is 0.158. The Hall–Kier alpha value is -3.06. The summed E-state index contributed by atoms with van der Waals surface area (Å²) in [5.74, 6) is -0.426. The van der Waals surface area contributed by atoms with Crippen LogP contribution in [-0.4, -0.2) is 39.4 Å². The Kier molecular flexibility index (Phi) is 5.61. The average molecular weight is 386 g/mol. The highest BCUT2D eigenvalue weighted by Crippen LogP contribution is 2.24. The molecule has 0 aliphatic heterocycles. The maximum Gasteiger partial charge on any atom is 0.272 e. The lowest BCUT2D eigenvalue weighted by Crippen LogP contribution is -2.27. The Balaban J connectivity index is 1.90. The van der Waals surface area contributed by atoms with E-state index in [-0.39, 0.29) is 17.5 Å². The molecule has 2 aromatic heterocycles. The van der Waals surface area contributed by atoms with Gasteiger partial charge in [0.2, 0.25) is 5.95 Å². The van der Waals surface area contributed by atoms with Crippen LogP contribution in [0.5, 0.6) is 0 Å². The number of halogens is 2. The monoisotopic (exact) mass is 385 g/mol. The number of nitrogens with one attached hydrogen (secondary N) is 1. The average Bonchev–Trinajstić information content (AvgIpc) is 2.70. The van der Waals surface area contributed by atoms with E-state index in [2.05, 4.69) is 20.3 Å². The predicted octanol–water partition coefficient (Wildman–Crippen LogP) is 4.17. The minimum Gasteiger partial charge on any atom is -0.341 e. The van der Waals surface area contributed by atoms with Crippen molar-refractivity contribution in [2.24, 2.45) is 0 Å². The van der Waals surface area contributed by atoms with Crippen LogP contribution in [0.15, 0.2) is 48.8 Å². The molecule has 3 aromatic rings. The topological polar surface area (TPSA) is 71.0 Å². The van der Waals surface area contributed by atoms with Crippen molar-refractivity contribution in [1.29, 1.82) is 0 Å². The maximum atomic E-state index is 13.9. The molecule has 0 aliphatic carbocycles. The van der Waals surface area contributed by atoms with E-state index in [0.717, 1.165) is 0 Å². The van der Waals surface area contributed by atoms with Gasteiger partial charge in [0.15, 0.2) is 0 Å². The minimum absolute atomic E-state index is 0.173. The number of carbonyl (C=O) groups is 1. The summed E-state index contributed by atoms with van der Waals surface area (Å²) in [7, 11) is 1.71. The van der Waals surface area contributed by atoms with Crippen LogP contribution >= 0.6 is 11.6 Å². The lowest BCUT2D eigenvalue weighted by molar-refractivity contribution is 0.0797. The van der Waals surface area contributed by atoms with E-state index in [0.29, 0.717) is 28.5 Å². The van der Waals surface area contributed by atoms with Gasteiger partial charge in [-0.25, -0.2) is 14.4 Å². The molecule has 0 atom stereocenters. The zero-order valence-corrected chi connectivity index (χ0v) is 15.5. The van der Waals surface area contributed by atoms with Crippen molar-refractivity contribution in [1.82, 2.24) is 19.9 Å². The van der Waals surface area contributed by atoms with E-state index in [4.69, 9.17) is 11.6 Å². The zero-order chi connectivity index (χ0) is 19.4. The third-order valence-corrected chi connectivity index (χ3v) is 4.16. The Morgan fingerprint density at radius 3 is 2.74 bits per heavy atom. The largest absolute Gasteiger partial charge is 0.341 e. The Bertz CT molecular complexity index is 982. The summed E-state index contributed by atoms with van der Waals surface area (Å²) in [6.07, 6.45) is 3.10. The highest BCUT2D eigenvalue weighted by atomic mass is 35.5. The van der Waals surface area contributed by atoms with Crippen LogP contribution in [0.1, 0.15) is 17.4 Å². The lowest BCUT2D eigenvalue weighted by Gasteiger charge is -2.14. The molecule has 3 rings (SSSR count). The zero-order valence-electron chi connectivity index (χ0n) is 14.8. The normalized spacial score (nSPS) is 10.5. The molecule has 0 saturated heterocycles. The molecule has 0 spiro atoms. The van der Waals surface area contributed by atoms with Crippen molar-refractivity contribution < 1.29 is 9.18 Å². The molecular weight excluding hydrogens is 369 g/mol. The molecule has 0 saturated carbocycles. The highest BCUT2D eigenvalue weighted by Gasteiger charge is 2.13. The summed E-state index contributed by atoms with van der Waals surface area (Å²) < 4.78 is 13.9. The fourth-order valence-corrected chi connectivity index (χ4v) is 2.51. The Morgan fingerprint density at radius 1 is 1.19 bits per heavy atom. The molecule has 138 valence electrons. The molecule has 8 heteroatoms. The number of rotatable bonds is 5. The smallest absolute Gasteiger partial charge is 0.272 e. The molecule has 0 aliphatic rings. The van der Waals surface area contributed by atoms with Crippen LogP contribution in [-0.2, 0) is 0 Å². The summed E-state index contributed by atoms with van der Waals surface area (Å²) in [5.41, 5.74) is 1.78. The number of anilines is 2. The molecule has 1 aromatic carbocycles. The van der Waals surface area contributed by atoms with Gasteiger partial charge >= 0.3 is 0 Å². The van der Waals surface area contributed by atoms with Crippen LogP contribution < -0.4 is 5.32 Å². The Morgan fingerprint density at radius 2 is 1.96 bits per heavy atom. The second-order valence-corrected chi connectivity index (χ2v) is 6.20. The number of aromatic nitrogens is 3. The molecule has 0 bridgehead atoms. The molecular formula is C19H17ClFN5O. The van der Waals surface area contributed by atoms with E-state index < -0.39 is 5.82 Å². The van der Waals surface area contributed by atoms with Crippen molar-refractivity contribution >= 4 is 29.1 Å². The van der Waals surface area contributed by atoms with Crippen molar-refractivity contribution in [3.8, 4) is 11.3 Å². The van der Waals surface area contributed by atoms with Gasteiger partial charge in [-0.3, -0.25) is 9.78 Å². The summed E-state index contributed by atoms with van der Waals surface area (Å²) in [4.78, 5) is 26.5.